The standard InChI is InChI=1S/C14H15N3O2S/c1-2-9-20-14(19)15-11-5-3-10(4-6-11)12-7-8-13(18)17-16-12/h3-8H,2,9H2,1H3,(H,15,19)(H,17,18). The van der Waals surface area contributed by atoms with Crippen molar-refractivity contribution in [2.24, 2.45) is 0 Å². The smallest absolute Gasteiger partial charge is 0.283 e. The number of aromatic amines is 1. The highest BCUT2D eigenvalue weighted by Crippen LogP contribution is 2.19. The molecule has 1 amide bonds. The Labute approximate surface area is 120 Å². The molecular formula is C14H15N3O2S. The molecule has 2 aromatic rings. The number of rotatable bonds is 4. The summed E-state index contributed by atoms with van der Waals surface area (Å²) in [6.45, 7) is 2.03. The van der Waals surface area contributed by atoms with Gasteiger partial charge in [0.25, 0.3) is 10.8 Å². The molecule has 0 spiro atoms. The maximum Gasteiger partial charge on any atom is 0.283 e. The molecule has 0 radical (unpaired) electrons. The van der Waals surface area contributed by atoms with Gasteiger partial charge in [-0.05, 0) is 24.6 Å². The van der Waals surface area contributed by atoms with Crippen molar-refractivity contribution in [3.8, 4) is 11.3 Å². The van der Waals surface area contributed by atoms with Gasteiger partial charge in [-0.1, -0.05) is 30.8 Å². The summed E-state index contributed by atoms with van der Waals surface area (Å²) in [7, 11) is 0. The lowest BCUT2D eigenvalue weighted by Crippen LogP contribution is -2.06. The number of anilines is 1. The third-order valence-corrected chi connectivity index (χ3v) is 3.52. The Morgan fingerprint density at radius 1 is 1.25 bits per heavy atom. The average Bonchev–Trinajstić information content (AvgIpc) is 2.47. The minimum atomic E-state index is -0.231. The van der Waals surface area contributed by atoms with Crippen LogP contribution in [0.25, 0.3) is 11.3 Å². The molecule has 1 aromatic heterocycles. The van der Waals surface area contributed by atoms with Crippen molar-refractivity contribution in [2.45, 2.75) is 13.3 Å². The summed E-state index contributed by atoms with van der Waals surface area (Å²) in [5.74, 6) is 0.811. The first-order chi connectivity index (χ1) is 9.69. The van der Waals surface area contributed by atoms with Crippen LogP contribution in [-0.2, 0) is 0 Å². The molecule has 0 bridgehead atoms. The summed E-state index contributed by atoms with van der Waals surface area (Å²) in [6, 6.07) is 10.4. The fourth-order valence-corrected chi connectivity index (χ4v) is 2.16. The van der Waals surface area contributed by atoms with Gasteiger partial charge in [0.2, 0.25) is 0 Å². The highest BCUT2D eigenvalue weighted by molar-refractivity contribution is 8.13. The highest BCUT2D eigenvalue weighted by Gasteiger charge is 2.03. The van der Waals surface area contributed by atoms with E-state index in [1.54, 1.807) is 6.07 Å². The van der Waals surface area contributed by atoms with Gasteiger partial charge in [-0.2, -0.15) is 5.10 Å². The maximum absolute atomic E-state index is 11.6. The second kappa shape index (κ2) is 6.91. The molecule has 1 aromatic carbocycles. The zero-order chi connectivity index (χ0) is 14.4. The minimum absolute atomic E-state index is 0.0539. The molecule has 0 atom stereocenters. The van der Waals surface area contributed by atoms with E-state index in [1.165, 1.54) is 17.8 Å². The van der Waals surface area contributed by atoms with Crippen LogP contribution in [0.4, 0.5) is 10.5 Å². The Balaban J connectivity index is 2.04. The Bertz CT molecular complexity index is 617. The Morgan fingerprint density at radius 3 is 2.60 bits per heavy atom. The second-order valence-electron chi connectivity index (χ2n) is 4.14. The van der Waals surface area contributed by atoms with E-state index >= 15 is 0 Å². The topological polar surface area (TPSA) is 74.8 Å². The molecule has 6 heteroatoms. The number of H-pyrrole nitrogens is 1. The van der Waals surface area contributed by atoms with Crippen molar-refractivity contribution >= 4 is 22.7 Å². The van der Waals surface area contributed by atoms with Gasteiger partial charge < -0.3 is 5.32 Å². The number of nitrogens with zero attached hydrogens (tertiary/aromatic N) is 1. The van der Waals surface area contributed by atoms with Crippen molar-refractivity contribution < 1.29 is 4.79 Å². The number of carbonyl (C=O) groups excluding carboxylic acids is 1. The van der Waals surface area contributed by atoms with E-state index in [9.17, 15) is 9.59 Å². The molecule has 0 fully saturated rings. The molecule has 1 heterocycles. The van der Waals surface area contributed by atoms with Crippen molar-refractivity contribution in [1.82, 2.24) is 10.2 Å². The Hall–Kier alpha value is -2.08. The van der Waals surface area contributed by atoms with Crippen LogP contribution in [0.1, 0.15) is 13.3 Å². The van der Waals surface area contributed by atoms with Crippen LogP contribution in [0.3, 0.4) is 0 Å². The van der Waals surface area contributed by atoms with Gasteiger partial charge in [-0.25, -0.2) is 5.10 Å². The van der Waals surface area contributed by atoms with E-state index in [1.807, 2.05) is 31.2 Å². The van der Waals surface area contributed by atoms with Gasteiger partial charge in [-0.15, -0.1) is 0 Å². The van der Waals surface area contributed by atoms with Gasteiger partial charge in [0.15, 0.2) is 0 Å². The number of hydrogen-bond donors (Lipinski definition) is 2. The summed E-state index contributed by atoms with van der Waals surface area (Å²) >= 11 is 1.27. The molecule has 20 heavy (non-hydrogen) atoms. The van der Waals surface area contributed by atoms with Crippen LogP contribution in [0.15, 0.2) is 41.2 Å². The third-order valence-electron chi connectivity index (χ3n) is 2.54. The first-order valence-electron chi connectivity index (χ1n) is 6.29. The summed E-state index contributed by atoms with van der Waals surface area (Å²) in [4.78, 5) is 22.5. The average molecular weight is 289 g/mol. The molecule has 0 aliphatic rings. The van der Waals surface area contributed by atoms with Gasteiger partial charge >= 0.3 is 0 Å². The number of thioether (sulfide) groups is 1. The van der Waals surface area contributed by atoms with Gasteiger partial charge in [0.05, 0.1) is 5.69 Å². The van der Waals surface area contributed by atoms with Crippen LogP contribution in [0.5, 0.6) is 0 Å². The molecule has 104 valence electrons. The number of amides is 1. The normalized spacial score (nSPS) is 10.2. The molecule has 0 aliphatic heterocycles. The van der Waals surface area contributed by atoms with E-state index < -0.39 is 0 Å². The van der Waals surface area contributed by atoms with Crippen LogP contribution in [0.2, 0.25) is 0 Å². The van der Waals surface area contributed by atoms with Crippen LogP contribution >= 0.6 is 11.8 Å². The lowest BCUT2D eigenvalue weighted by atomic mass is 10.1. The van der Waals surface area contributed by atoms with Crippen molar-refractivity contribution in [2.75, 3.05) is 11.1 Å². The summed E-state index contributed by atoms with van der Waals surface area (Å²) < 4.78 is 0. The molecule has 5 nitrogen and oxygen atoms in total. The monoisotopic (exact) mass is 289 g/mol. The summed E-state index contributed by atoms with van der Waals surface area (Å²) in [6.07, 6.45) is 0.967. The first kappa shape index (κ1) is 14.3. The van der Waals surface area contributed by atoms with Gasteiger partial charge in [0.1, 0.15) is 0 Å². The fourth-order valence-electron chi connectivity index (χ4n) is 1.58. The quantitative estimate of drug-likeness (QED) is 0.907. The number of benzene rings is 1. The number of aromatic nitrogens is 2. The largest absolute Gasteiger partial charge is 0.317 e. The molecule has 0 aliphatic carbocycles. The summed E-state index contributed by atoms with van der Waals surface area (Å²) in [5.41, 5.74) is 2.07. The van der Waals surface area contributed by atoms with Crippen molar-refractivity contribution in [3.05, 3.63) is 46.8 Å². The van der Waals surface area contributed by atoms with Gasteiger partial charge in [-0.3, -0.25) is 9.59 Å². The van der Waals surface area contributed by atoms with E-state index in [2.05, 4.69) is 15.5 Å². The zero-order valence-electron chi connectivity index (χ0n) is 11.1. The predicted molar refractivity (Wildman–Crippen MR) is 82.1 cm³/mol. The van der Waals surface area contributed by atoms with E-state index in [-0.39, 0.29) is 10.8 Å². The van der Waals surface area contributed by atoms with Crippen LogP contribution in [0, 0.1) is 0 Å². The maximum atomic E-state index is 11.6. The molecule has 2 N–H and O–H groups in total. The lowest BCUT2D eigenvalue weighted by molar-refractivity contribution is 0.270. The van der Waals surface area contributed by atoms with Crippen molar-refractivity contribution in [3.63, 3.8) is 0 Å². The molecule has 2 rings (SSSR count). The summed E-state index contributed by atoms with van der Waals surface area (Å²) in [5, 5.41) is 9.10. The zero-order valence-corrected chi connectivity index (χ0v) is 11.9. The fraction of sp³-hybridized carbons (Fsp3) is 0.214. The molecule has 0 saturated heterocycles. The Morgan fingerprint density at radius 2 is 2.00 bits per heavy atom. The number of hydrogen-bond acceptors (Lipinski definition) is 4. The van der Waals surface area contributed by atoms with Crippen LogP contribution in [-0.4, -0.2) is 21.2 Å². The Kier molecular flexibility index (Phi) is 4.95. The van der Waals surface area contributed by atoms with E-state index in [0.29, 0.717) is 5.69 Å². The van der Waals surface area contributed by atoms with E-state index in [0.717, 1.165) is 23.4 Å². The van der Waals surface area contributed by atoms with Crippen LogP contribution < -0.4 is 10.9 Å². The highest BCUT2D eigenvalue weighted by atomic mass is 32.2. The minimum Gasteiger partial charge on any atom is -0.317 e. The SMILES string of the molecule is CCCSC(=O)Nc1ccc(-c2ccc(=O)[nH]n2)cc1. The second-order valence-corrected chi connectivity index (χ2v) is 5.21. The lowest BCUT2D eigenvalue weighted by Gasteiger charge is -2.05. The van der Waals surface area contributed by atoms with E-state index in [4.69, 9.17) is 0 Å². The molecule has 0 saturated carbocycles. The number of carbonyl (C=O) groups is 1. The third kappa shape index (κ3) is 3.96. The number of nitrogens with one attached hydrogen (secondary N) is 2. The van der Waals surface area contributed by atoms with Gasteiger partial charge in [0, 0.05) is 23.1 Å². The van der Waals surface area contributed by atoms with Crippen molar-refractivity contribution in [1.29, 1.82) is 0 Å². The molecule has 0 unspecified atom stereocenters. The first-order valence-corrected chi connectivity index (χ1v) is 7.27. The predicted octanol–water partition coefficient (Wildman–Crippen LogP) is 3.11. The molecular weight excluding hydrogens is 274 g/mol.